The lowest BCUT2D eigenvalue weighted by atomic mass is 9.95. The molecule has 1 N–H and O–H groups in total. The fraction of sp³-hybridized carbons (Fsp3) is 0.355. The first-order chi connectivity index (χ1) is 19.8. The maximum atomic E-state index is 13.9. The van der Waals surface area contributed by atoms with Gasteiger partial charge in [0.15, 0.2) is 6.10 Å². The molecule has 5 rings (SSSR count). The Hall–Kier alpha value is -3.76. The third-order valence-corrected chi connectivity index (χ3v) is 9.53. The standard InChI is InChI=1S/C31H34FN3O5S/c32-24-15-17-26(18-16-24)41(38,39)35(25-11-5-2-6-12-25)22-30(36)34-21-29(40-28-14-8-7-13-27(28)34)31(37)33-20-19-23-9-3-1-4-10-23/h1,3-4,7-10,13-18,25,29H,2,5-6,11-12,19-22H2,(H,33,37)/t29-/m0/s1. The van der Waals surface area contributed by atoms with Gasteiger partial charge < -0.3 is 15.0 Å². The Morgan fingerprint density at radius 1 is 0.927 bits per heavy atom. The molecular weight excluding hydrogens is 545 g/mol. The Morgan fingerprint density at radius 3 is 2.34 bits per heavy atom. The van der Waals surface area contributed by atoms with Gasteiger partial charge in [-0.1, -0.05) is 61.7 Å². The summed E-state index contributed by atoms with van der Waals surface area (Å²) < 4.78 is 48.3. The molecule has 8 nitrogen and oxygen atoms in total. The fourth-order valence-corrected chi connectivity index (χ4v) is 7.07. The monoisotopic (exact) mass is 579 g/mol. The fourth-order valence-electron chi connectivity index (χ4n) is 5.44. The molecule has 3 aromatic rings. The molecule has 1 aliphatic carbocycles. The van der Waals surface area contributed by atoms with Crippen LogP contribution in [0.25, 0.3) is 0 Å². The molecule has 2 amide bonds. The maximum Gasteiger partial charge on any atom is 0.262 e. The summed E-state index contributed by atoms with van der Waals surface area (Å²) in [6, 6.07) is 21.0. The van der Waals surface area contributed by atoms with E-state index in [2.05, 4.69) is 5.32 Å². The number of carbonyl (C=O) groups is 2. The largest absolute Gasteiger partial charge is 0.477 e. The number of para-hydroxylation sites is 2. The van der Waals surface area contributed by atoms with Crippen molar-refractivity contribution in [3.8, 4) is 5.75 Å². The van der Waals surface area contributed by atoms with Crippen molar-refractivity contribution in [2.45, 2.75) is 55.6 Å². The van der Waals surface area contributed by atoms with E-state index in [1.165, 1.54) is 21.3 Å². The third-order valence-electron chi connectivity index (χ3n) is 7.62. The van der Waals surface area contributed by atoms with Crippen molar-refractivity contribution in [2.75, 3.05) is 24.5 Å². The number of nitrogens with one attached hydrogen (secondary N) is 1. The number of amides is 2. The minimum Gasteiger partial charge on any atom is -0.477 e. The molecule has 41 heavy (non-hydrogen) atoms. The van der Waals surface area contributed by atoms with Gasteiger partial charge in [0.2, 0.25) is 15.9 Å². The highest BCUT2D eigenvalue weighted by Gasteiger charge is 2.38. The molecule has 1 saturated carbocycles. The molecule has 0 aromatic heterocycles. The van der Waals surface area contributed by atoms with Crippen molar-refractivity contribution in [1.29, 1.82) is 0 Å². The first-order valence-corrected chi connectivity index (χ1v) is 15.4. The Balaban J connectivity index is 1.35. The number of ether oxygens (including phenoxy) is 1. The average molecular weight is 580 g/mol. The molecule has 1 heterocycles. The van der Waals surface area contributed by atoms with Gasteiger partial charge in [-0.2, -0.15) is 4.31 Å². The van der Waals surface area contributed by atoms with Crippen molar-refractivity contribution < 1.29 is 27.1 Å². The van der Waals surface area contributed by atoms with Crippen molar-refractivity contribution in [3.63, 3.8) is 0 Å². The number of nitrogens with zero attached hydrogens (tertiary/aromatic N) is 2. The molecule has 1 aliphatic heterocycles. The first-order valence-electron chi connectivity index (χ1n) is 14.0. The summed E-state index contributed by atoms with van der Waals surface area (Å²) in [4.78, 5) is 28.4. The first kappa shape index (κ1) is 28.8. The van der Waals surface area contributed by atoms with Crippen LogP contribution in [0.3, 0.4) is 0 Å². The lowest BCUT2D eigenvalue weighted by molar-refractivity contribution is -0.128. The Labute approximate surface area is 240 Å². The van der Waals surface area contributed by atoms with E-state index in [4.69, 9.17) is 4.74 Å². The summed E-state index contributed by atoms with van der Waals surface area (Å²) in [5, 5.41) is 2.90. The van der Waals surface area contributed by atoms with Crippen molar-refractivity contribution in [1.82, 2.24) is 9.62 Å². The third kappa shape index (κ3) is 6.77. The normalized spacial score (nSPS) is 17.5. The Morgan fingerprint density at radius 2 is 1.61 bits per heavy atom. The van der Waals surface area contributed by atoms with Gasteiger partial charge in [0.05, 0.1) is 23.7 Å². The number of fused-ring (bicyclic) bond motifs is 1. The summed E-state index contributed by atoms with van der Waals surface area (Å²) in [7, 11) is -4.09. The van der Waals surface area contributed by atoms with Gasteiger partial charge in [-0.05, 0) is 61.2 Å². The van der Waals surface area contributed by atoms with Crippen molar-refractivity contribution in [3.05, 3.63) is 90.2 Å². The Kier molecular flexibility index (Phi) is 8.99. The summed E-state index contributed by atoms with van der Waals surface area (Å²) in [6.45, 7) is -0.0488. The topological polar surface area (TPSA) is 96.0 Å². The molecule has 216 valence electrons. The molecule has 2 aliphatic rings. The van der Waals surface area contributed by atoms with Crippen LogP contribution in [-0.4, -0.2) is 56.3 Å². The highest BCUT2D eigenvalue weighted by atomic mass is 32.2. The van der Waals surface area contributed by atoms with Crippen LogP contribution in [0, 0.1) is 5.82 Å². The minimum atomic E-state index is -4.09. The van der Waals surface area contributed by atoms with Gasteiger partial charge in [-0.3, -0.25) is 9.59 Å². The number of hydrogen-bond acceptors (Lipinski definition) is 5. The summed E-state index contributed by atoms with van der Waals surface area (Å²) in [5.41, 5.74) is 1.57. The lowest BCUT2D eigenvalue weighted by Crippen LogP contribution is -2.54. The Bertz CT molecular complexity index is 1460. The maximum absolute atomic E-state index is 13.9. The summed E-state index contributed by atoms with van der Waals surface area (Å²) in [5.74, 6) is -0.974. The van der Waals surface area contributed by atoms with E-state index in [0.717, 1.165) is 37.0 Å². The van der Waals surface area contributed by atoms with Crippen LogP contribution in [0.2, 0.25) is 0 Å². The van der Waals surface area contributed by atoms with Crippen LogP contribution in [0.4, 0.5) is 10.1 Å². The number of carbonyl (C=O) groups excluding carboxylic acids is 2. The van der Waals surface area contributed by atoms with E-state index < -0.39 is 34.4 Å². The second-order valence-corrected chi connectivity index (χ2v) is 12.3. The number of halogens is 1. The lowest BCUT2D eigenvalue weighted by Gasteiger charge is -2.37. The van der Waals surface area contributed by atoms with Gasteiger partial charge in [0.1, 0.15) is 11.6 Å². The molecule has 10 heteroatoms. The smallest absolute Gasteiger partial charge is 0.262 e. The van der Waals surface area contributed by atoms with Crippen molar-refractivity contribution in [2.24, 2.45) is 0 Å². The highest BCUT2D eigenvalue weighted by Crippen LogP contribution is 2.34. The van der Waals surface area contributed by atoms with Gasteiger partial charge in [0.25, 0.3) is 5.91 Å². The number of benzene rings is 3. The van der Waals surface area contributed by atoms with Gasteiger partial charge in [-0.15, -0.1) is 0 Å². The number of rotatable bonds is 9. The zero-order valence-corrected chi connectivity index (χ0v) is 23.6. The molecule has 0 unspecified atom stereocenters. The second-order valence-electron chi connectivity index (χ2n) is 10.4. The van der Waals surface area contributed by atoms with Crippen LogP contribution in [0.15, 0.2) is 83.8 Å². The van der Waals surface area contributed by atoms with E-state index in [1.54, 1.807) is 24.3 Å². The molecule has 3 aromatic carbocycles. The van der Waals surface area contributed by atoms with Crippen molar-refractivity contribution >= 4 is 27.5 Å². The van der Waals surface area contributed by atoms with E-state index in [-0.39, 0.29) is 23.4 Å². The molecule has 0 saturated heterocycles. The molecule has 0 spiro atoms. The van der Waals surface area contributed by atoms with E-state index in [1.807, 2.05) is 30.3 Å². The van der Waals surface area contributed by atoms with E-state index in [9.17, 15) is 22.4 Å². The second kappa shape index (κ2) is 12.8. The van der Waals surface area contributed by atoms with Crippen LogP contribution in [0.1, 0.15) is 37.7 Å². The predicted molar refractivity (Wildman–Crippen MR) is 154 cm³/mol. The zero-order chi connectivity index (χ0) is 28.8. The molecule has 1 atom stereocenters. The van der Waals surface area contributed by atoms with Crippen LogP contribution < -0.4 is 15.0 Å². The van der Waals surface area contributed by atoms with Crippen LogP contribution in [0.5, 0.6) is 5.75 Å². The minimum absolute atomic E-state index is 0.0535. The quantitative estimate of drug-likeness (QED) is 0.408. The average Bonchev–Trinajstić information content (AvgIpc) is 3.00. The molecular formula is C31H34FN3O5S. The highest BCUT2D eigenvalue weighted by molar-refractivity contribution is 7.89. The summed E-state index contributed by atoms with van der Waals surface area (Å²) >= 11 is 0. The number of sulfonamides is 1. The number of hydrogen-bond donors (Lipinski definition) is 1. The van der Waals surface area contributed by atoms with Gasteiger partial charge >= 0.3 is 0 Å². The van der Waals surface area contributed by atoms with Crippen LogP contribution >= 0.6 is 0 Å². The summed E-state index contributed by atoms with van der Waals surface area (Å²) in [6.07, 6.45) is 3.70. The van der Waals surface area contributed by atoms with Gasteiger partial charge in [-0.25, -0.2) is 12.8 Å². The van der Waals surface area contributed by atoms with E-state index >= 15 is 0 Å². The van der Waals surface area contributed by atoms with Crippen LogP contribution in [-0.2, 0) is 26.0 Å². The van der Waals surface area contributed by atoms with Gasteiger partial charge in [0, 0.05) is 12.6 Å². The zero-order valence-electron chi connectivity index (χ0n) is 22.7. The molecule has 0 radical (unpaired) electrons. The molecule has 1 fully saturated rings. The van der Waals surface area contributed by atoms with E-state index in [0.29, 0.717) is 37.2 Å². The SMILES string of the molecule is O=C(NCCc1ccccc1)[C@@H]1CN(C(=O)CN(C2CCCCC2)S(=O)(=O)c2ccc(F)cc2)c2ccccc2O1. The predicted octanol–water partition coefficient (Wildman–Crippen LogP) is 4.30. The number of anilines is 1. The molecule has 0 bridgehead atoms.